The van der Waals surface area contributed by atoms with Crippen LogP contribution < -0.4 is 0 Å². The van der Waals surface area contributed by atoms with Crippen LogP contribution in [0.5, 0.6) is 0 Å². The lowest BCUT2D eigenvalue weighted by Gasteiger charge is -2.06. The zero-order valence-corrected chi connectivity index (χ0v) is 10.8. The van der Waals surface area contributed by atoms with Gasteiger partial charge in [0.2, 0.25) is 0 Å². The normalized spacial score (nSPS) is 11.2. The van der Waals surface area contributed by atoms with E-state index in [1.807, 2.05) is 6.08 Å². The predicted molar refractivity (Wildman–Crippen MR) is 72.3 cm³/mol. The number of fused-ring (bicyclic) bond motifs is 1. The zero-order chi connectivity index (χ0) is 11.2. The standard InChI is InChI=1S/C14H16OSi/c1-2-10-16-15-11-13-8-5-7-12-6-3-4-9-14(12)13/h2-9H,1,10-11,16H2. The number of hydrogen-bond acceptors (Lipinski definition) is 1. The summed E-state index contributed by atoms with van der Waals surface area (Å²) in [5.41, 5.74) is 1.29. The second-order valence-corrected chi connectivity index (χ2v) is 5.16. The minimum Gasteiger partial charge on any atom is -0.419 e. The molecule has 0 aliphatic rings. The van der Waals surface area contributed by atoms with Gasteiger partial charge in [0, 0.05) is 0 Å². The average molecular weight is 228 g/mol. The summed E-state index contributed by atoms with van der Waals surface area (Å²) in [6, 6.07) is 15.9. The first kappa shape index (κ1) is 11.1. The van der Waals surface area contributed by atoms with Crippen molar-refractivity contribution in [2.45, 2.75) is 12.7 Å². The Morgan fingerprint density at radius 1 is 1.12 bits per heavy atom. The quantitative estimate of drug-likeness (QED) is 0.434. The second kappa shape index (κ2) is 5.63. The molecular weight excluding hydrogens is 212 g/mol. The van der Waals surface area contributed by atoms with Gasteiger partial charge in [0.15, 0.2) is 9.76 Å². The highest BCUT2D eigenvalue weighted by atomic mass is 28.2. The van der Waals surface area contributed by atoms with Gasteiger partial charge in [0.25, 0.3) is 0 Å². The van der Waals surface area contributed by atoms with E-state index in [4.69, 9.17) is 4.43 Å². The summed E-state index contributed by atoms with van der Waals surface area (Å²) in [5.74, 6) is 0. The highest BCUT2D eigenvalue weighted by Crippen LogP contribution is 2.18. The molecule has 0 unspecified atom stereocenters. The molecule has 0 heterocycles. The van der Waals surface area contributed by atoms with Gasteiger partial charge in [-0.3, -0.25) is 0 Å². The van der Waals surface area contributed by atoms with Gasteiger partial charge in [0.1, 0.15) is 0 Å². The van der Waals surface area contributed by atoms with E-state index in [1.54, 1.807) is 0 Å². The van der Waals surface area contributed by atoms with Crippen molar-refractivity contribution >= 4 is 20.5 Å². The van der Waals surface area contributed by atoms with Crippen molar-refractivity contribution < 1.29 is 4.43 Å². The van der Waals surface area contributed by atoms with Crippen molar-refractivity contribution in [1.82, 2.24) is 0 Å². The molecule has 0 aromatic heterocycles. The first-order valence-corrected chi connectivity index (χ1v) is 7.15. The molecule has 0 atom stereocenters. The molecule has 1 nitrogen and oxygen atoms in total. The smallest absolute Gasteiger partial charge is 0.165 e. The summed E-state index contributed by atoms with van der Waals surface area (Å²) in [4.78, 5) is 0. The van der Waals surface area contributed by atoms with Gasteiger partial charge >= 0.3 is 0 Å². The lowest BCUT2D eigenvalue weighted by molar-refractivity contribution is 0.327. The van der Waals surface area contributed by atoms with E-state index in [9.17, 15) is 0 Å². The van der Waals surface area contributed by atoms with E-state index in [1.165, 1.54) is 16.3 Å². The number of rotatable bonds is 5. The topological polar surface area (TPSA) is 9.23 Å². The molecule has 2 aromatic carbocycles. The third-order valence-corrected chi connectivity index (χ3v) is 3.74. The lowest BCUT2D eigenvalue weighted by atomic mass is 10.1. The minimum atomic E-state index is -0.417. The van der Waals surface area contributed by atoms with Gasteiger partial charge in [-0.25, -0.2) is 0 Å². The fourth-order valence-electron chi connectivity index (χ4n) is 1.77. The number of hydrogen-bond donors (Lipinski definition) is 0. The van der Waals surface area contributed by atoms with E-state index in [2.05, 4.69) is 49.0 Å². The molecule has 0 spiro atoms. The third kappa shape index (κ3) is 2.59. The summed E-state index contributed by atoms with van der Waals surface area (Å²) in [5, 5.41) is 2.59. The van der Waals surface area contributed by atoms with Gasteiger partial charge < -0.3 is 4.43 Å². The second-order valence-electron chi connectivity index (χ2n) is 3.77. The molecule has 2 aromatic rings. The Morgan fingerprint density at radius 3 is 2.81 bits per heavy atom. The monoisotopic (exact) mass is 228 g/mol. The van der Waals surface area contributed by atoms with Crippen LogP contribution >= 0.6 is 0 Å². The molecule has 0 aliphatic carbocycles. The van der Waals surface area contributed by atoms with Crippen LogP contribution in [0.2, 0.25) is 6.04 Å². The molecule has 0 amide bonds. The highest BCUT2D eigenvalue weighted by molar-refractivity contribution is 6.27. The molecule has 0 fully saturated rings. The Bertz CT molecular complexity index is 474. The Morgan fingerprint density at radius 2 is 1.94 bits per heavy atom. The van der Waals surface area contributed by atoms with Crippen LogP contribution in [0.15, 0.2) is 55.1 Å². The van der Waals surface area contributed by atoms with Crippen molar-refractivity contribution in [2.24, 2.45) is 0 Å². The summed E-state index contributed by atoms with van der Waals surface area (Å²) in [6.07, 6.45) is 1.94. The van der Waals surface area contributed by atoms with Gasteiger partial charge in [0.05, 0.1) is 6.61 Å². The van der Waals surface area contributed by atoms with Gasteiger partial charge in [-0.2, -0.15) is 0 Å². The van der Waals surface area contributed by atoms with Gasteiger partial charge in [-0.15, -0.1) is 6.58 Å². The molecule has 0 aliphatic heterocycles. The Balaban J connectivity index is 2.14. The molecule has 0 radical (unpaired) electrons. The maximum absolute atomic E-state index is 5.74. The van der Waals surface area contributed by atoms with Crippen molar-refractivity contribution in [3.8, 4) is 0 Å². The van der Waals surface area contributed by atoms with Crippen molar-refractivity contribution in [3.63, 3.8) is 0 Å². The molecule has 82 valence electrons. The lowest BCUT2D eigenvalue weighted by Crippen LogP contribution is -1.98. The summed E-state index contributed by atoms with van der Waals surface area (Å²) in [7, 11) is -0.417. The summed E-state index contributed by atoms with van der Waals surface area (Å²) < 4.78 is 5.74. The van der Waals surface area contributed by atoms with E-state index in [0.717, 1.165) is 12.7 Å². The van der Waals surface area contributed by atoms with Crippen molar-refractivity contribution in [1.29, 1.82) is 0 Å². The van der Waals surface area contributed by atoms with Gasteiger partial charge in [-0.05, 0) is 22.4 Å². The maximum atomic E-state index is 5.74. The molecule has 2 heteroatoms. The fraction of sp³-hybridized carbons (Fsp3) is 0.143. The summed E-state index contributed by atoms with van der Waals surface area (Å²) >= 11 is 0. The Labute approximate surface area is 98.7 Å². The van der Waals surface area contributed by atoms with Crippen LogP contribution in [0.3, 0.4) is 0 Å². The predicted octanol–water partition coefficient (Wildman–Crippen LogP) is 3.04. The van der Waals surface area contributed by atoms with E-state index in [-0.39, 0.29) is 0 Å². The molecule has 2 rings (SSSR count). The Hall–Kier alpha value is -1.38. The van der Waals surface area contributed by atoms with E-state index >= 15 is 0 Å². The minimum absolute atomic E-state index is 0.417. The van der Waals surface area contributed by atoms with Crippen LogP contribution in [0.4, 0.5) is 0 Å². The Kier molecular flexibility index (Phi) is 3.91. The van der Waals surface area contributed by atoms with Gasteiger partial charge in [-0.1, -0.05) is 48.5 Å². The molecule has 0 saturated carbocycles. The van der Waals surface area contributed by atoms with Crippen LogP contribution in [0.25, 0.3) is 10.8 Å². The van der Waals surface area contributed by atoms with Crippen LogP contribution in [0, 0.1) is 0 Å². The third-order valence-electron chi connectivity index (χ3n) is 2.60. The fourth-order valence-corrected chi connectivity index (χ4v) is 2.46. The summed E-state index contributed by atoms with van der Waals surface area (Å²) in [6.45, 7) is 4.45. The molecular formula is C14H16OSi. The number of allylic oxidation sites excluding steroid dienone is 1. The number of benzene rings is 2. The van der Waals surface area contributed by atoms with Crippen LogP contribution in [-0.4, -0.2) is 9.76 Å². The van der Waals surface area contributed by atoms with E-state index in [0.29, 0.717) is 0 Å². The first-order valence-electron chi connectivity index (χ1n) is 5.57. The highest BCUT2D eigenvalue weighted by Gasteiger charge is 1.99. The largest absolute Gasteiger partial charge is 0.419 e. The van der Waals surface area contributed by atoms with Crippen LogP contribution in [-0.2, 0) is 11.0 Å². The maximum Gasteiger partial charge on any atom is 0.165 e. The average Bonchev–Trinajstić information content (AvgIpc) is 2.35. The molecule has 16 heavy (non-hydrogen) atoms. The molecule has 0 bridgehead atoms. The van der Waals surface area contributed by atoms with Crippen molar-refractivity contribution in [2.75, 3.05) is 0 Å². The SMILES string of the molecule is C=CC[SiH2]OCc1cccc2ccccc12. The molecule has 0 N–H and O–H groups in total. The molecule has 0 saturated heterocycles. The zero-order valence-electron chi connectivity index (χ0n) is 9.36. The van der Waals surface area contributed by atoms with E-state index < -0.39 is 9.76 Å². The van der Waals surface area contributed by atoms with Crippen molar-refractivity contribution in [3.05, 3.63) is 60.7 Å². The van der Waals surface area contributed by atoms with Crippen LogP contribution in [0.1, 0.15) is 5.56 Å². The first-order chi connectivity index (χ1) is 7.92.